The molecule has 1 aliphatic heterocycles. The maximum Gasteiger partial charge on any atom is 0.356 e. The van der Waals surface area contributed by atoms with Gasteiger partial charge >= 0.3 is 5.97 Å². The number of benzene rings is 1. The van der Waals surface area contributed by atoms with Crippen LogP contribution in [0.5, 0.6) is 0 Å². The number of hydrogen-bond acceptors (Lipinski definition) is 6. The highest BCUT2D eigenvalue weighted by Gasteiger charge is 2.34. The van der Waals surface area contributed by atoms with Crippen molar-refractivity contribution in [2.45, 2.75) is 32.1 Å². The zero-order valence-electron chi connectivity index (χ0n) is 18.8. The lowest BCUT2D eigenvalue weighted by molar-refractivity contribution is -0.912. The fourth-order valence-corrected chi connectivity index (χ4v) is 4.70. The molecule has 1 aliphatic rings. The minimum Gasteiger partial charge on any atom is -0.464 e. The summed E-state index contributed by atoms with van der Waals surface area (Å²) < 4.78 is 10.1. The van der Waals surface area contributed by atoms with E-state index in [9.17, 15) is 14.4 Å². The topological polar surface area (TPSA) is 114 Å². The Morgan fingerprint density at radius 1 is 1.09 bits per heavy atom. The van der Waals surface area contributed by atoms with Gasteiger partial charge in [-0.15, -0.1) is 0 Å². The summed E-state index contributed by atoms with van der Waals surface area (Å²) >= 11 is 0. The van der Waals surface area contributed by atoms with Crippen LogP contribution in [0.2, 0.25) is 0 Å². The number of methoxy groups -OCH3 is 1. The summed E-state index contributed by atoms with van der Waals surface area (Å²) in [6, 6.07) is 9.05. The number of hydrogen-bond donors (Lipinski definition) is 2. The second-order valence-electron chi connectivity index (χ2n) is 8.69. The first kappa shape index (κ1) is 22.7. The van der Waals surface area contributed by atoms with Crippen LogP contribution in [0.25, 0.3) is 10.9 Å². The lowest BCUT2D eigenvalue weighted by atomic mass is 10.1. The summed E-state index contributed by atoms with van der Waals surface area (Å²) in [5.41, 5.74) is 1.94. The second kappa shape index (κ2) is 9.99. The summed E-state index contributed by atoms with van der Waals surface area (Å²) in [5, 5.41) is 7.50. The molecule has 9 nitrogen and oxygen atoms in total. The number of ketones is 1. The number of likely N-dealkylation sites (tertiary alicyclic amines) is 1. The number of nitrogens with one attached hydrogen (secondary N) is 2. The van der Waals surface area contributed by atoms with Crippen LogP contribution < -0.4 is 5.32 Å². The maximum absolute atomic E-state index is 13.3. The minimum atomic E-state index is -0.553. The third kappa shape index (κ3) is 5.31. The number of fused-ring (bicyclic) bond motifs is 1. The molecule has 9 heteroatoms. The molecule has 0 radical (unpaired) electrons. The van der Waals surface area contributed by atoms with Crippen LogP contribution in [-0.4, -0.2) is 65.6 Å². The first-order valence-corrected chi connectivity index (χ1v) is 11.2. The van der Waals surface area contributed by atoms with E-state index in [0.717, 1.165) is 49.7 Å². The van der Waals surface area contributed by atoms with Crippen molar-refractivity contribution >= 4 is 34.3 Å². The molecule has 1 saturated heterocycles. The second-order valence-corrected chi connectivity index (χ2v) is 8.69. The van der Waals surface area contributed by atoms with Crippen LogP contribution in [0.4, 0.5) is 5.69 Å². The summed E-state index contributed by atoms with van der Waals surface area (Å²) in [5.74, 6) is -0.759. The number of aromatic amines is 1. The normalized spacial score (nSPS) is 15.7. The molecule has 0 spiro atoms. The van der Waals surface area contributed by atoms with Crippen LogP contribution in [0.3, 0.4) is 0 Å². The van der Waals surface area contributed by atoms with Gasteiger partial charge in [0.1, 0.15) is 18.5 Å². The third-order valence-electron chi connectivity index (χ3n) is 6.24. The van der Waals surface area contributed by atoms with E-state index in [1.54, 1.807) is 6.07 Å². The summed E-state index contributed by atoms with van der Waals surface area (Å²) in [7, 11) is 1.30. The number of rotatable bonds is 8. The van der Waals surface area contributed by atoms with Gasteiger partial charge in [-0.2, -0.15) is 0 Å². The van der Waals surface area contributed by atoms with E-state index in [0.29, 0.717) is 15.9 Å². The number of carbonyl (C=O) groups is 3. The number of Topliss-reactive ketones (excluding diaryl/α,β-unsaturated/α-hetero) is 1. The van der Waals surface area contributed by atoms with Crippen molar-refractivity contribution in [2.75, 3.05) is 38.6 Å². The maximum atomic E-state index is 13.3. The van der Waals surface area contributed by atoms with Crippen molar-refractivity contribution in [3.63, 3.8) is 0 Å². The summed E-state index contributed by atoms with van der Waals surface area (Å²) in [4.78, 5) is 41.5. The van der Waals surface area contributed by atoms with E-state index in [1.165, 1.54) is 13.4 Å². The Labute approximate surface area is 191 Å². The molecule has 0 atom stereocenters. The predicted octanol–water partition coefficient (Wildman–Crippen LogP) is 3.08. The average molecular weight is 454 g/mol. The van der Waals surface area contributed by atoms with Gasteiger partial charge in [0, 0.05) is 17.0 Å². The molecule has 3 heterocycles. The lowest BCUT2D eigenvalue weighted by Gasteiger charge is -2.36. The molecular weight excluding hydrogens is 424 g/mol. The van der Waals surface area contributed by atoms with Gasteiger partial charge in [0.15, 0.2) is 12.3 Å². The van der Waals surface area contributed by atoms with Crippen molar-refractivity contribution in [1.29, 1.82) is 0 Å². The number of esters is 1. The minimum absolute atomic E-state index is 0.0287. The number of ether oxygens (including phenoxy) is 1. The Balaban J connectivity index is 1.55. The van der Waals surface area contributed by atoms with Crippen LogP contribution in [-0.2, 0) is 20.7 Å². The van der Waals surface area contributed by atoms with E-state index in [-0.39, 0.29) is 36.9 Å². The highest BCUT2D eigenvalue weighted by molar-refractivity contribution is 6.11. The van der Waals surface area contributed by atoms with E-state index in [2.05, 4.69) is 15.5 Å². The molecule has 0 aliphatic carbocycles. The zero-order chi connectivity index (χ0) is 23.3. The summed E-state index contributed by atoms with van der Waals surface area (Å²) in [6.07, 6.45) is 5.75. The molecule has 3 aromatic rings. The molecule has 0 bridgehead atoms. The van der Waals surface area contributed by atoms with E-state index >= 15 is 0 Å². The number of aromatic nitrogens is 2. The molecule has 4 rings (SSSR count). The standard InChI is InChI=1S/C24H28N4O5/c1-32-24(31)23-22(19-8-4-5-9-20(19)25-23)26-21(30)16-28(11-6-2-3-7-12-28)15-18(29)14-17-10-13-33-27-17/h4-5,8-10,13H,2-3,6-7,11-12,14-16H2,1H3,(H-,25,26,30,31)/p+1. The van der Waals surface area contributed by atoms with E-state index < -0.39 is 5.97 Å². The first-order valence-electron chi connectivity index (χ1n) is 11.2. The van der Waals surface area contributed by atoms with Gasteiger partial charge in [-0.1, -0.05) is 23.4 Å². The molecule has 2 N–H and O–H groups in total. The van der Waals surface area contributed by atoms with Crippen LogP contribution in [0, 0.1) is 0 Å². The van der Waals surface area contributed by atoms with Gasteiger partial charge in [0.05, 0.1) is 38.0 Å². The lowest BCUT2D eigenvalue weighted by Crippen LogP contribution is -2.55. The highest BCUT2D eigenvalue weighted by Crippen LogP contribution is 2.29. The average Bonchev–Trinajstić information content (AvgIpc) is 3.37. The van der Waals surface area contributed by atoms with Crippen molar-refractivity contribution in [3.05, 3.63) is 48.0 Å². The number of para-hydroxylation sites is 1. The fourth-order valence-electron chi connectivity index (χ4n) is 4.70. The number of nitrogens with zero attached hydrogens (tertiary/aromatic N) is 2. The number of anilines is 1. The SMILES string of the molecule is COC(=O)c1[nH]c2ccccc2c1NC(=O)C[N+]1(CC(=O)Cc2ccon2)CCCCCC1. The molecule has 0 saturated carbocycles. The monoisotopic (exact) mass is 453 g/mol. The fraction of sp³-hybridized carbons (Fsp3) is 0.417. The molecule has 2 aromatic heterocycles. The van der Waals surface area contributed by atoms with Crippen LogP contribution >= 0.6 is 0 Å². The first-order chi connectivity index (χ1) is 16.0. The van der Waals surface area contributed by atoms with Gasteiger partial charge < -0.3 is 24.0 Å². The van der Waals surface area contributed by atoms with Crippen molar-refractivity contribution in [3.8, 4) is 0 Å². The highest BCUT2D eigenvalue weighted by atomic mass is 16.5. The van der Waals surface area contributed by atoms with E-state index in [1.807, 2.05) is 24.3 Å². The Morgan fingerprint density at radius 2 is 1.85 bits per heavy atom. The Bertz CT molecular complexity index is 1130. The van der Waals surface area contributed by atoms with Gasteiger partial charge in [0.2, 0.25) is 0 Å². The van der Waals surface area contributed by atoms with Crippen molar-refractivity contribution in [2.24, 2.45) is 0 Å². The molecule has 1 amide bonds. The summed E-state index contributed by atoms with van der Waals surface area (Å²) in [6.45, 7) is 1.94. The number of quaternary nitrogens is 1. The number of carbonyl (C=O) groups excluding carboxylic acids is 3. The molecule has 33 heavy (non-hydrogen) atoms. The number of amides is 1. The van der Waals surface area contributed by atoms with Crippen LogP contribution in [0.1, 0.15) is 41.9 Å². The van der Waals surface area contributed by atoms with Gasteiger partial charge in [-0.05, 0) is 31.7 Å². The molecule has 174 valence electrons. The zero-order valence-corrected chi connectivity index (χ0v) is 18.8. The quantitative estimate of drug-likeness (QED) is 0.400. The Morgan fingerprint density at radius 3 is 2.55 bits per heavy atom. The molecule has 1 fully saturated rings. The van der Waals surface area contributed by atoms with Gasteiger partial charge in [-0.25, -0.2) is 4.79 Å². The van der Waals surface area contributed by atoms with Crippen molar-refractivity contribution in [1.82, 2.24) is 10.1 Å². The van der Waals surface area contributed by atoms with Gasteiger partial charge in [0.25, 0.3) is 5.91 Å². The van der Waals surface area contributed by atoms with Crippen LogP contribution in [0.15, 0.2) is 41.1 Å². The third-order valence-corrected chi connectivity index (χ3v) is 6.24. The molecular formula is C24H29N4O5+. The number of H-pyrrole nitrogens is 1. The van der Waals surface area contributed by atoms with Crippen molar-refractivity contribution < 1.29 is 28.1 Å². The predicted molar refractivity (Wildman–Crippen MR) is 122 cm³/mol. The Hall–Kier alpha value is -3.46. The molecule has 0 unspecified atom stereocenters. The smallest absolute Gasteiger partial charge is 0.356 e. The largest absolute Gasteiger partial charge is 0.464 e. The Kier molecular flexibility index (Phi) is 6.88. The molecule has 1 aromatic carbocycles. The van der Waals surface area contributed by atoms with Gasteiger partial charge in [-0.3, -0.25) is 9.59 Å². The van der Waals surface area contributed by atoms with E-state index in [4.69, 9.17) is 9.26 Å².